The SMILES string of the molecule is COc1ccc(CN2CCN(S(=O)(=O)c3ccc4c(c3)C(=O)NC4=O)CC2)cc1. The maximum absolute atomic E-state index is 13.0. The molecular formula is C20H21N3O5S. The highest BCUT2D eigenvalue weighted by atomic mass is 32.2. The van der Waals surface area contributed by atoms with Gasteiger partial charge in [-0.2, -0.15) is 4.31 Å². The summed E-state index contributed by atoms with van der Waals surface area (Å²) < 4.78 is 32.6. The van der Waals surface area contributed by atoms with Crippen LogP contribution in [0.1, 0.15) is 26.3 Å². The smallest absolute Gasteiger partial charge is 0.258 e. The maximum Gasteiger partial charge on any atom is 0.258 e. The van der Waals surface area contributed by atoms with E-state index in [1.165, 1.54) is 22.5 Å². The number of amides is 2. The summed E-state index contributed by atoms with van der Waals surface area (Å²) in [4.78, 5) is 25.7. The molecule has 0 spiro atoms. The first kappa shape index (κ1) is 19.6. The van der Waals surface area contributed by atoms with Gasteiger partial charge in [0.15, 0.2) is 0 Å². The molecule has 1 saturated heterocycles. The number of fused-ring (bicyclic) bond motifs is 1. The van der Waals surface area contributed by atoms with Crippen molar-refractivity contribution >= 4 is 21.8 Å². The number of methoxy groups -OCH3 is 1. The number of hydrogen-bond donors (Lipinski definition) is 1. The zero-order chi connectivity index (χ0) is 20.6. The third-order valence-electron chi connectivity index (χ3n) is 5.24. The molecule has 1 fully saturated rings. The number of nitrogens with one attached hydrogen (secondary N) is 1. The monoisotopic (exact) mass is 415 g/mol. The van der Waals surface area contributed by atoms with E-state index in [0.29, 0.717) is 26.2 Å². The van der Waals surface area contributed by atoms with Gasteiger partial charge >= 0.3 is 0 Å². The number of carbonyl (C=O) groups is 2. The fraction of sp³-hybridized carbons (Fsp3) is 0.300. The highest BCUT2D eigenvalue weighted by Gasteiger charge is 2.32. The van der Waals surface area contributed by atoms with E-state index in [4.69, 9.17) is 4.74 Å². The molecule has 2 aliphatic rings. The Labute approximate surface area is 169 Å². The molecule has 2 amide bonds. The molecule has 2 aliphatic heterocycles. The number of nitrogens with zero attached hydrogens (tertiary/aromatic N) is 2. The van der Waals surface area contributed by atoms with Crippen LogP contribution >= 0.6 is 0 Å². The van der Waals surface area contributed by atoms with Gasteiger partial charge in [0, 0.05) is 32.7 Å². The topological polar surface area (TPSA) is 96.0 Å². The lowest BCUT2D eigenvalue weighted by Crippen LogP contribution is -2.48. The molecular weight excluding hydrogens is 394 g/mol. The van der Waals surface area contributed by atoms with E-state index in [9.17, 15) is 18.0 Å². The van der Waals surface area contributed by atoms with Crippen molar-refractivity contribution in [2.24, 2.45) is 0 Å². The number of piperazine rings is 1. The fourth-order valence-corrected chi connectivity index (χ4v) is 5.02. The molecule has 152 valence electrons. The zero-order valence-corrected chi connectivity index (χ0v) is 16.7. The van der Waals surface area contributed by atoms with E-state index in [2.05, 4.69) is 10.2 Å². The van der Waals surface area contributed by atoms with E-state index in [-0.39, 0.29) is 16.0 Å². The molecule has 0 unspecified atom stereocenters. The van der Waals surface area contributed by atoms with Crippen LogP contribution in [0.15, 0.2) is 47.4 Å². The van der Waals surface area contributed by atoms with Gasteiger partial charge in [0.2, 0.25) is 10.0 Å². The standard InChI is InChI=1S/C20H21N3O5S/c1-28-15-4-2-14(3-5-15)13-22-8-10-23(11-9-22)29(26,27)16-6-7-17-18(12-16)20(25)21-19(17)24/h2-7,12H,8-11,13H2,1H3,(H,21,24,25). The highest BCUT2D eigenvalue weighted by Crippen LogP contribution is 2.24. The summed E-state index contributed by atoms with van der Waals surface area (Å²) in [5.41, 5.74) is 1.45. The van der Waals surface area contributed by atoms with Crippen LogP contribution in [0.2, 0.25) is 0 Å². The van der Waals surface area contributed by atoms with Gasteiger partial charge in [-0.25, -0.2) is 8.42 Å². The van der Waals surface area contributed by atoms with Crippen molar-refractivity contribution in [3.05, 3.63) is 59.2 Å². The Kier molecular flexibility index (Phi) is 5.12. The number of rotatable bonds is 5. The summed E-state index contributed by atoms with van der Waals surface area (Å²) in [5.74, 6) is -0.262. The molecule has 29 heavy (non-hydrogen) atoms. The van der Waals surface area contributed by atoms with Crippen LogP contribution in [0, 0.1) is 0 Å². The van der Waals surface area contributed by atoms with Crippen LogP contribution in [0.4, 0.5) is 0 Å². The van der Waals surface area contributed by atoms with Crippen molar-refractivity contribution in [1.29, 1.82) is 0 Å². The van der Waals surface area contributed by atoms with Crippen molar-refractivity contribution in [2.45, 2.75) is 11.4 Å². The molecule has 0 radical (unpaired) electrons. The van der Waals surface area contributed by atoms with E-state index >= 15 is 0 Å². The van der Waals surface area contributed by atoms with Crippen LogP contribution < -0.4 is 10.1 Å². The number of sulfonamides is 1. The molecule has 4 rings (SSSR count). The zero-order valence-electron chi connectivity index (χ0n) is 15.9. The van der Waals surface area contributed by atoms with Gasteiger partial charge in [-0.15, -0.1) is 0 Å². The summed E-state index contributed by atoms with van der Waals surface area (Å²) in [6.45, 7) is 2.67. The Balaban J connectivity index is 1.43. The third-order valence-corrected chi connectivity index (χ3v) is 7.14. The van der Waals surface area contributed by atoms with Gasteiger partial charge < -0.3 is 4.74 Å². The van der Waals surface area contributed by atoms with Gasteiger partial charge in [0.25, 0.3) is 11.8 Å². The van der Waals surface area contributed by atoms with Crippen molar-refractivity contribution in [2.75, 3.05) is 33.3 Å². The van der Waals surface area contributed by atoms with E-state index in [1.807, 2.05) is 24.3 Å². The molecule has 9 heteroatoms. The Hall–Kier alpha value is -2.75. The number of benzene rings is 2. The van der Waals surface area contributed by atoms with Gasteiger partial charge in [-0.1, -0.05) is 12.1 Å². The molecule has 1 N–H and O–H groups in total. The highest BCUT2D eigenvalue weighted by molar-refractivity contribution is 7.89. The molecule has 2 heterocycles. The second-order valence-electron chi connectivity index (χ2n) is 7.02. The van der Waals surface area contributed by atoms with Gasteiger partial charge in [0.05, 0.1) is 23.1 Å². The Bertz CT molecular complexity index is 1060. The predicted molar refractivity (Wildman–Crippen MR) is 105 cm³/mol. The van der Waals surface area contributed by atoms with Crippen LogP contribution in [0.25, 0.3) is 0 Å². The number of hydrogen-bond acceptors (Lipinski definition) is 6. The van der Waals surface area contributed by atoms with Gasteiger partial charge in [-0.3, -0.25) is 19.8 Å². The number of ether oxygens (including phenoxy) is 1. The second kappa shape index (κ2) is 7.58. The molecule has 0 saturated carbocycles. The fourth-order valence-electron chi connectivity index (χ4n) is 3.57. The summed E-state index contributed by atoms with van der Waals surface area (Å²) in [6, 6.07) is 11.9. The molecule has 2 aromatic rings. The largest absolute Gasteiger partial charge is 0.497 e. The van der Waals surface area contributed by atoms with Crippen molar-refractivity contribution in [1.82, 2.24) is 14.5 Å². The number of carbonyl (C=O) groups excluding carboxylic acids is 2. The molecule has 2 aromatic carbocycles. The van der Waals surface area contributed by atoms with Crippen molar-refractivity contribution in [3.63, 3.8) is 0 Å². The first-order chi connectivity index (χ1) is 13.9. The Morgan fingerprint density at radius 2 is 1.59 bits per heavy atom. The normalized spacial score (nSPS) is 17.8. The molecule has 8 nitrogen and oxygen atoms in total. The van der Waals surface area contributed by atoms with Crippen LogP contribution in [-0.2, 0) is 16.6 Å². The molecule has 0 atom stereocenters. The predicted octanol–water partition coefficient (Wildman–Crippen LogP) is 1.09. The van der Waals surface area contributed by atoms with Crippen LogP contribution in [-0.4, -0.2) is 62.7 Å². The molecule has 0 aliphatic carbocycles. The lowest BCUT2D eigenvalue weighted by Gasteiger charge is -2.34. The minimum absolute atomic E-state index is 0.0321. The first-order valence-electron chi connectivity index (χ1n) is 9.23. The maximum atomic E-state index is 13.0. The lowest BCUT2D eigenvalue weighted by molar-refractivity contribution is 0.0879. The average molecular weight is 415 g/mol. The third kappa shape index (κ3) is 3.76. The summed E-state index contributed by atoms with van der Waals surface area (Å²) >= 11 is 0. The molecule has 0 bridgehead atoms. The Morgan fingerprint density at radius 1 is 0.931 bits per heavy atom. The van der Waals surface area contributed by atoms with E-state index in [1.54, 1.807) is 7.11 Å². The molecule has 0 aromatic heterocycles. The Morgan fingerprint density at radius 3 is 2.24 bits per heavy atom. The summed E-state index contributed by atoms with van der Waals surface area (Å²) in [5, 5.41) is 2.18. The lowest BCUT2D eigenvalue weighted by atomic mass is 10.1. The van der Waals surface area contributed by atoms with E-state index < -0.39 is 21.8 Å². The van der Waals surface area contributed by atoms with Gasteiger partial charge in [-0.05, 0) is 35.9 Å². The quantitative estimate of drug-likeness (QED) is 0.735. The number of imide groups is 1. The first-order valence-corrected chi connectivity index (χ1v) is 10.7. The van der Waals surface area contributed by atoms with Crippen LogP contribution in [0.3, 0.4) is 0 Å². The average Bonchev–Trinajstić information content (AvgIpc) is 3.02. The second-order valence-corrected chi connectivity index (χ2v) is 8.96. The minimum Gasteiger partial charge on any atom is -0.497 e. The van der Waals surface area contributed by atoms with Crippen molar-refractivity contribution < 1.29 is 22.7 Å². The van der Waals surface area contributed by atoms with Crippen molar-refractivity contribution in [3.8, 4) is 5.75 Å². The van der Waals surface area contributed by atoms with E-state index in [0.717, 1.165) is 17.9 Å². The van der Waals surface area contributed by atoms with Gasteiger partial charge in [0.1, 0.15) is 5.75 Å². The minimum atomic E-state index is -3.73. The summed E-state index contributed by atoms with van der Waals surface area (Å²) in [6.07, 6.45) is 0. The summed E-state index contributed by atoms with van der Waals surface area (Å²) in [7, 11) is -2.11. The van der Waals surface area contributed by atoms with Crippen LogP contribution in [0.5, 0.6) is 5.75 Å².